The number of rotatable bonds is 10. The fraction of sp³-hybridized carbons (Fsp3) is 0.259. The third-order valence-electron chi connectivity index (χ3n) is 5.90. The van der Waals surface area contributed by atoms with E-state index in [4.69, 9.17) is 23.2 Å². The summed E-state index contributed by atoms with van der Waals surface area (Å²) in [5.41, 5.74) is 1.53. The van der Waals surface area contributed by atoms with Gasteiger partial charge in [0.05, 0.1) is 10.6 Å². The zero-order valence-corrected chi connectivity index (χ0v) is 23.1. The lowest BCUT2D eigenvalue weighted by Crippen LogP contribution is -2.51. The van der Waals surface area contributed by atoms with Crippen molar-refractivity contribution in [3.05, 3.63) is 94.0 Å². The van der Waals surface area contributed by atoms with Crippen LogP contribution in [0, 0.1) is 6.92 Å². The molecule has 0 saturated heterocycles. The highest BCUT2D eigenvalue weighted by atomic mass is 35.5. The summed E-state index contributed by atoms with van der Waals surface area (Å²) in [6, 6.07) is 18.8. The van der Waals surface area contributed by atoms with Crippen LogP contribution in [-0.4, -0.2) is 44.3 Å². The van der Waals surface area contributed by atoms with Crippen molar-refractivity contribution in [2.24, 2.45) is 0 Å². The minimum atomic E-state index is -4.15. The molecule has 0 spiro atoms. The molecule has 0 aromatic heterocycles. The van der Waals surface area contributed by atoms with Crippen LogP contribution >= 0.6 is 23.2 Å². The van der Waals surface area contributed by atoms with Crippen LogP contribution in [0.4, 0.5) is 5.69 Å². The van der Waals surface area contributed by atoms with Gasteiger partial charge < -0.3 is 10.2 Å². The van der Waals surface area contributed by atoms with E-state index >= 15 is 0 Å². The number of likely N-dealkylation sites (N-methyl/N-ethyl adjacent to an activating group) is 1. The minimum Gasteiger partial charge on any atom is -0.355 e. The SMILES string of the molecule is CCNC(=O)[C@@H](C)N(Cc1ccc(Cl)cc1)C(=O)CN(c1cccc(Cl)c1C)S(=O)(=O)c1ccccc1. The maximum atomic E-state index is 13.8. The van der Waals surface area contributed by atoms with Crippen molar-refractivity contribution in [1.82, 2.24) is 10.2 Å². The van der Waals surface area contributed by atoms with Gasteiger partial charge >= 0.3 is 0 Å². The number of hydrogen-bond donors (Lipinski definition) is 1. The summed E-state index contributed by atoms with van der Waals surface area (Å²) in [6.45, 7) is 5.03. The molecule has 0 heterocycles. The van der Waals surface area contributed by atoms with E-state index in [-0.39, 0.29) is 23.0 Å². The number of halogens is 2. The van der Waals surface area contributed by atoms with Gasteiger partial charge in [-0.25, -0.2) is 8.42 Å². The number of anilines is 1. The molecule has 2 amide bonds. The van der Waals surface area contributed by atoms with Gasteiger partial charge in [-0.2, -0.15) is 0 Å². The zero-order chi connectivity index (χ0) is 27.2. The van der Waals surface area contributed by atoms with E-state index in [2.05, 4.69) is 5.32 Å². The molecule has 0 radical (unpaired) electrons. The molecule has 3 aromatic rings. The average Bonchev–Trinajstić information content (AvgIpc) is 2.88. The molecule has 7 nitrogen and oxygen atoms in total. The largest absolute Gasteiger partial charge is 0.355 e. The second-order valence-corrected chi connectivity index (χ2v) is 11.1. The summed E-state index contributed by atoms with van der Waals surface area (Å²) in [6.07, 6.45) is 0. The summed E-state index contributed by atoms with van der Waals surface area (Å²) in [4.78, 5) is 27.9. The van der Waals surface area contributed by atoms with E-state index in [1.165, 1.54) is 17.0 Å². The Balaban J connectivity index is 2.06. The second kappa shape index (κ2) is 12.4. The van der Waals surface area contributed by atoms with E-state index in [0.717, 1.165) is 9.87 Å². The first kappa shape index (κ1) is 28.5. The quantitative estimate of drug-likeness (QED) is 0.375. The fourth-order valence-electron chi connectivity index (χ4n) is 3.79. The van der Waals surface area contributed by atoms with E-state index in [0.29, 0.717) is 22.2 Å². The van der Waals surface area contributed by atoms with Crippen molar-refractivity contribution in [3.63, 3.8) is 0 Å². The van der Waals surface area contributed by atoms with Gasteiger partial charge in [0.2, 0.25) is 11.8 Å². The molecule has 0 aliphatic carbocycles. The van der Waals surface area contributed by atoms with Crippen molar-refractivity contribution >= 4 is 50.7 Å². The highest BCUT2D eigenvalue weighted by molar-refractivity contribution is 7.92. The maximum Gasteiger partial charge on any atom is 0.264 e. The van der Waals surface area contributed by atoms with Crippen LogP contribution in [0.3, 0.4) is 0 Å². The normalized spacial score (nSPS) is 12.0. The second-order valence-electron chi connectivity index (χ2n) is 8.43. The molecule has 196 valence electrons. The minimum absolute atomic E-state index is 0.0307. The average molecular weight is 563 g/mol. The van der Waals surface area contributed by atoms with Crippen LogP contribution in [0.25, 0.3) is 0 Å². The number of nitrogens with zero attached hydrogens (tertiary/aromatic N) is 2. The summed E-state index contributed by atoms with van der Waals surface area (Å²) < 4.78 is 28.6. The van der Waals surface area contributed by atoms with Crippen molar-refractivity contribution < 1.29 is 18.0 Å². The van der Waals surface area contributed by atoms with Crippen LogP contribution in [-0.2, 0) is 26.2 Å². The van der Waals surface area contributed by atoms with Crippen molar-refractivity contribution in [1.29, 1.82) is 0 Å². The Morgan fingerprint density at radius 2 is 1.59 bits per heavy atom. The number of sulfonamides is 1. The fourth-order valence-corrected chi connectivity index (χ4v) is 5.58. The van der Waals surface area contributed by atoms with E-state index in [1.807, 2.05) is 0 Å². The smallest absolute Gasteiger partial charge is 0.264 e. The zero-order valence-electron chi connectivity index (χ0n) is 20.8. The van der Waals surface area contributed by atoms with E-state index < -0.39 is 28.5 Å². The molecule has 1 atom stereocenters. The van der Waals surface area contributed by atoms with Crippen LogP contribution in [0.15, 0.2) is 77.7 Å². The standard InChI is InChI=1S/C27H29Cl2N3O4S/c1-4-30-27(34)20(3)31(17-21-13-15-22(28)16-14-21)26(33)18-32(25-12-8-11-24(29)19(25)2)37(35,36)23-9-6-5-7-10-23/h5-16,20H,4,17-18H2,1-3H3,(H,30,34)/t20-/m1/s1. The highest BCUT2D eigenvalue weighted by Gasteiger charge is 2.33. The van der Waals surface area contributed by atoms with Gasteiger partial charge in [0.15, 0.2) is 0 Å². The van der Waals surface area contributed by atoms with E-state index in [1.54, 1.807) is 81.4 Å². The molecule has 0 fully saturated rings. The molecule has 3 aromatic carbocycles. The Morgan fingerprint density at radius 1 is 0.946 bits per heavy atom. The van der Waals surface area contributed by atoms with Crippen molar-refractivity contribution in [2.45, 2.75) is 38.3 Å². The summed E-state index contributed by atoms with van der Waals surface area (Å²) in [5, 5.41) is 3.63. The van der Waals surface area contributed by atoms with Gasteiger partial charge in [-0.1, -0.05) is 59.6 Å². The molecular weight excluding hydrogens is 533 g/mol. The van der Waals surface area contributed by atoms with Gasteiger partial charge in [0, 0.05) is 23.1 Å². The highest BCUT2D eigenvalue weighted by Crippen LogP contribution is 2.31. The first-order valence-corrected chi connectivity index (χ1v) is 13.9. The topological polar surface area (TPSA) is 86.8 Å². The Kier molecular flexibility index (Phi) is 9.59. The predicted octanol–water partition coefficient (Wildman–Crippen LogP) is 5.05. The monoisotopic (exact) mass is 561 g/mol. The number of carbonyl (C=O) groups is 2. The van der Waals surface area contributed by atoms with Crippen LogP contribution in [0.2, 0.25) is 10.0 Å². The van der Waals surface area contributed by atoms with Crippen LogP contribution < -0.4 is 9.62 Å². The van der Waals surface area contributed by atoms with Gasteiger partial charge in [-0.15, -0.1) is 0 Å². The molecule has 1 N–H and O–H groups in total. The molecule has 3 rings (SSSR count). The lowest BCUT2D eigenvalue weighted by atomic mass is 10.1. The molecule has 0 saturated carbocycles. The third-order valence-corrected chi connectivity index (χ3v) is 8.34. The van der Waals surface area contributed by atoms with Gasteiger partial charge in [-0.05, 0) is 68.3 Å². The molecule has 0 unspecified atom stereocenters. The number of hydrogen-bond acceptors (Lipinski definition) is 4. The Bertz CT molecular complexity index is 1350. The van der Waals surface area contributed by atoms with E-state index in [9.17, 15) is 18.0 Å². The van der Waals surface area contributed by atoms with Crippen LogP contribution in [0.1, 0.15) is 25.0 Å². The van der Waals surface area contributed by atoms with Gasteiger partial charge in [-0.3, -0.25) is 13.9 Å². The third kappa shape index (κ3) is 6.83. The Hall–Kier alpha value is -3.07. The lowest BCUT2D eigenvalue weighted by Gasteiger charge is -2.32. The number of nitrogens with one attached hydrogen (secondary N) is 1. The Labute approximate surface area is 228 Å². The first-order valence-electron chi connectivity index (χ1n) is 11.7. The maximum absolute atomic E-state index is 13.8. The van der Waals surface area contributed by atoms with Crippen LogP contribution in [0.5, 0.6) is 0 Å². The molecule has 0 aliphatic heterocycles. The summed E-state index contributed by atoms with van der Waals surface area (Å²) in [7, 11) is -4.15. The molecule has 0 bridgehead atoms. The number of benzene rings is 3. The molecular formula is C27H29Cl2N3O4S. The lowest BCUT2D eigenvalue weighted by molar-refractivity contribution is -0.139. The Morgan fingerprint density at radius 3 is 2.22 bits per heavy atom. The number of carbonyl (C=O) groups excluding carboxylic acids is 2. The molecule has 0 aliphatic rings. The molecule has 10 heteroatoms. The van der Waals surface area contributed by atoms with Gasteiger partial charge in [0.1, 0.15) is 12.6 Å². The van der Waals surface area contributed by atoms with Gasteiger partial charge in [0.25, 0.3) is 10.0 Å². The van der Waals surface area contributed by atoms with Crippen molar-refractivity contribution in [2.75, 3.05) is 17.4 Å². The summed E-state index contributed by atoms with van der Waals surface area (Å²) >= 11 is 12.3. The summed E-state index contributed by atoms with van der Waals surface area (Å²) in [5.74, 6) is -0.895. The number of amides is 2. The first-order chi connectivity index (χ1) is 17.6. The predicted molar refractivity (Wildman–Crippen MR) is 147 cm³/mol. The molecule has 37 heavy (non-hydrogen) atoms. The van der Waals surface area contributed by atoms with Crippen molar-refractivity contribution in [3.8, 4) is 0 Å².